The number of hydrogen-bond acceptors (Lipinski definition) is 24. The van der Waals surface area contributed by atoms with Gasteiger partial charge in [-0.1, -0.05) is 175 Å². The van der Waals surface area contributed by atoms with Crippen molar-refractivity contribution in [2.75, 3.05) is 33.0 Å². The van der Waals surface area contributed by atoms with Crippen molar-refractivity contribution in [3.05, 3.63) is 72.5 Å². The Labute approximate surface area is 699 Å². The number of ether oxygens (including phenoxy) is 9. The van der Waals surface area contributed by atoms with E-state index in [4.69, 9.17) is 55.9 Å². The second-order valence-corrected chi connectivity index (χ2v) is 31.9. The first kappa shape index (κ1) is 104. The van der Waals surface area contributed by atoms with E-state index in [9.17, 15) is 58.5 Å². The van der Waals surface area contributed by atoms with Crippen LogP contribution in [0.2, 0.25) is 0 Å². The third-order valence-electron chi connectivity index (χ3n) is 21.6. The average Bonchev–Trinajstić information content (AvgIpc) is 1.62. The Bertz CT molecular complexity index is 2800. The Morgan fingerprint density at radius 3 is 0.786 bits per heavy atom. The SMILES string of the molecule is CCCCCCC(CCC(CCCO)CCCCCCCC(=O)OCC(COC(=O)CCCCCCCC(CCCO)CCC(CCCCCC)OC(=O)CCC(=O)OCc1ccco1)OC(=O)CCCCCCCC(CCCO)CCC(CCCCCC)OC(=O)CCC(=O)OCc1ccco1)OC(=O)CCC(=O)OCc1ccco1. The number of hydrogen-bond donors (Lipinski definition) is 3. The summed E-state index contributed by atoms with van der Waals surface area (Å²) in [4.78, 5) is 116. The fraction of sp³-hybridized carbons (Fsp3) is 0.774. The van der Waals surface area contributed by atoms with Gasteiger partial charge in [-0.2, -0.15) is 0 Å². The molecule has 0 aliphatic carbocycles. The van der Waals surface area contributed by atoms with Crippen molar-refractivity contribution in [2.24, 2.45) is 17.8 Å². The molecule has 0 fully saturated rings. The van der Waals surface area contributed by atoms with Gasteiger partial charge < -0.3 is 71.2 Å². The van der Waals surface area contributed by atoms with Gasteiger partial charge >= 0.3 is 53.7 Å². The minimum atomic E-state index is -0.990. The van der Waals surface area contributed by atoms with Crippen molar-refractivity contribution >= 4 is 53.7 Å². The molecule has 0 saturated heterocycles. The van der Waals surface area contributed by atoms with E-state index in [-0.39, 0.29) is 129 Å². The highest BCUT2D eigenvalue weighted by molar-refractivity contribution is 5.79. The topological polar surface area (TPSA) is 337 Å². The molecule has 6 unspecified atom stereocenters. The number of rotatable bonds is 80. The lowest BCUT2D eigenvalue weighted by molar-refractivity contribution is -0.167. The van der Waals surface area contributed by atoms with E-state index >= 15 is 0 Å². The number of aliphatic hydroxyl groups excluding tert-OH is 3. The first-order chi connectivity index (χ1) is 57.0. The van der Waals surface area contributed by atoms with E-state index in [1.807, 2.05) is 0 Å². The zero-order chi connectivity index (χ0) is 84.7. The smallest absolute Gasteiger partial charge is 0.306 e. The van der Waals surface area contributed by atoms with Crippen molar-refractivity contribution < 1.29 is 114 Å². The predicted molar refractivity (Wildman–Crippen MR) is 445 cm³/mol. The zero-order valence-electron chi connectivity index (χ0n) is 72.0. The van der Waals surface area contributed by atoms with Crippen LogP contribution in [0.3, 0.4) is 0 Å². The largest absolute Gasteiger partial charge is 0.466 e. The molecule has 3 N–H and O–H groups in total. The minimum Gasteiger partial charge on any atom is -0.466 e. The molecule has 3 aromatic rings. The molecule has 6 atom stereocenters. The van der Waals surface area contributed by atoms with Gasteiger partial charge in [0.05, 0.1) is 57.3 Å². The first-order valence-electron chi connectivity index (χ1n) is 45.5. The van der Waals surface area contributed by atoms with Crippen LogP contribution in [-0.2, 0) is 106 Å². The summed E-state index contributed by atoms with van der Waals surface area (Å²) in [5, 5.41) is 29.3. The number of carbonyl (C=O) groups is 9. The predicted octanol–water partition coefficient (Wildman–Crippen LogP) is 20.7. The maximum atomic E-state index is 13.5. The molecule has 24 nitrogen and oxygen atoms in total. The van der Waals surface area contributed by atoms with Gasteiger partial charge in [0.15, 0.2) is 6.10 Å². The molecule has 3 aromatic heterocycles. The molecule has 0 radical (unpaired) electrons. The first-order valence-corrected chi connectivity index (χ1v) is 45.5. The molecule has 0 aromatic carbocycles. The van der Waals surface area contributed by atoms with Crippen LogP contribution in [0.25, 0.3) is 0 Å². The number of esters is 9. The zero-order valence-corrected chi connectivity index (χ0v) is 72.0. The van der Waals surface area contributed by atoms with E-state index < -0.39 is 59.8 Å². The number of furan rings is 3. The molecule has 0 aliphatic heterocycles. The number of unbranched alkanes of at least 4 members (excludes halogenated alkanes) is 21. The average molecular weight is 1650 g/mol. The minimum absolute atomic E-state index is 0.00418. The molecular weight excluding hydrogens is 1500 g/mol. The molecule has 0 amide bonds. The van der Waals surface area contributed by atoms with Gasteiger partial charge in [0, 0.05) is 39.1 Å². The van der Waals surface area contributed by atoms with Crippen LogP contribution in [0.5, 0.6) is 0 Å². The molecule has 24 heteroatoms. The standard InChI is InChI=1S/C93H152O24/c1-4-7-10-25-43-78(114-91(103)61-58-87(99)109-70-81-46-34-67-106-81)55-52-75(40-31-64-94)37-22-16-13-19-28-49-85(97)112-73-84(117-90(102)51-30-21-15-18-24-39-77(42-33-66-96)54-57-80(45-27-12-9-6-3)116-93(105)63-60-89(101)111-72-83-48-36-69-108-83)74-113-86(98)50-29-20-14-17-23-38-76(41-32-65-95)53-56-79(44-26-11-8-5-2)115-92(104)62-59-88(100)110-71-82-47-35-68-107-82/h34-36,46-48,67-69,75-80,84,94-96H,4-33,37-45,49-66,70-74H2,1-3H3. The van der Waals surface area contributed by atoms with Crippen molar-refractivity contribution in [1.29, 1.82) is 0 Å². The third kappa shape index (κ3) is 59.3. The van der Waals surface area contributed by atoms with Gasteiger partial charge in [0.25, 0.3) is 0 Å². The Kier molecular flexibility index (Phi) is 63.9. The summed E-state index contributed by atoms with van der Waals surface area (Å²) in [6.07, 6.45) is 42.5. The van der Waals surface area contributed by atoms with E-state index in [1.54, 1.807) is 36.4 Å². The van der Waals surface area contributed by atoms with Crippen LogP contribution in [0.1, 0.15) is 385 Å². The van der Waals surface area contributed by atoms with Crippen LogP contribution < -0.4 is 0 Å². The second kappa shape index (κ2) is 71.8. The molecule has 3 heterocycles. The van der Waals surface area contributed by atoms with E-state index in [2.05, 4.69) is 20.8 Å². The summed E-state index contributed by atoms with van der Waals surface area (Å²) in [5.41, 5.74) is 0. The monoisotopic (exact) mass is 1650 g/mol. The molecule has 0 aliphatic rings. The second-order valence-electron chi connectivity index (χ2n) is 31.9. The summed E-state index contributed by atoms with van der Waals surface area (Å²) >= 11 is 0. The van der Waals surface area contributed by atoms with Gasteiger partial charge in [-0.05, 0) is 189 Å². The van der Waals surface area contributed by atoms with Gasteiger partial charge in [-0.3, -0.25) is 43.2 Å². The number of aliphatic hydroxyl groups is 3. The van der Waals surface area contributed by atoms with E-state index in [0.29, 0.717) is 92.8 Å². The molecule has 0 bridgehead atoms. The molecule has 0 saturated carbocycles. The summed E-state index contributed by atoms with van der Waals surface area (Å²) in [6.45, 7) is 6.26. The maximum absolute atomic E-state index is 13.5. The normalized spacial score (nSPS) is 13.2. The lowest BCUT2D eigenvalue weighted by atomic mass is 9.89. The van der Waals surface area contributed by atoms with Crippen LogP contribution in [0, 0.1) is 17.8 Å². The van der Waals surface area contributed by atoms with Crippen molar-refractivity contribution in [3.63, 3.8) is 0 Å². The fourth-order valence-corrected chi connectivity index (χ4v) is 14.7. The highest BCUT2D eigenvalue weighted by Crippen LogP contribution is 2.30. The van der Waals surface area contributed by atoms with Gasteiger partial charge in [-0.15, -0.1) is 0 Å². The molecular formula is C93H152O24. The van der Waals surface area contributed by atoms with Crippen molar-refractivity contribution in [1.82, 2.24) is 0 Å². The highest BCUT2D eigenvalue weighted by atomic mass is 16.6. The van der Waals surface area contributed by atoms with E-state index in [0.717, 1.165) is 231 Å². The van der Waals surface area contributed by atoms with Crippen LogP contribution in [0.4, 0.5) is 0 Å². The highest BCUT2D eigenvalue weighted by Gasteiger charge is 2.25. The van der Waals surface area contributed by atoms with Gasteiger partial charge in [0.1, 0.15) is 68.6 Å². The van der Waals surface area contributed by atoms with Crippen molar-refractivity contribution in [2.45, 2.75) is 412 Å². The molecule has 3 rings (SSSR count). The van der Waals surface area contributed by atoms with Crippen LogP contribution >= 0.6 is 0 Å². The van der Waals surface area contributed by atoms with Crippen LogP contribution in [-0.4, -0.2) is 126 Å². The fourth-order valence-electron chi connectivity index (χ4n) is 14.7. The summed E-state index contributed by atoms with van der Waals surface area (Å²) < 4.78 is 66.6. The summed E-state index contributed by atoms with van der Waals surface area (Å²) in [7, 11) is 0. The van der Waals surface area contributed by atoms with Gasteiger partial charge in [-0.25, -0.2) is 0 Å². The molecule has 117 heavy (non-hydrogen) atoms. The Morgan fingerprint density at radius 2 is 0.496 bits per heavy atom. The molecule has 0 spiro atoms. The Hall–Kier alpha value is -7.05. The molecule has 668 valence electrons. The lowest BCUT2D eigenvalue weighted by Crippen LogP contribution is -2.30. The quantitative estimate of drug-likeness (QED) is 0.0268. The Morgan fingerprint density at radius 1 is 0.256 bits per heavy atom. The van der Waals surface area contributed by atoms with Gasteiger partial charge in [0.2, 0.25) is 0 Å². The van der Waals surface area contributed by atoms with Crippen LogP contribution in [0.15, 0.2) is 68.4 Å². The van der Waals surface area contributed by atoms with E-state index in [1.165, 1.54) is 18.8 Å². The van der Waals surface area contributed by atoms with Crippen molar-refractivity contribution in [3.8, 4) is 0 Å². The Balaban J connectivity index is 1.51. The lowest BCUT2D eigenvalue weighted by Gasteiger charge is -2.22. The number of carbonyl (C=O) groups excluding carboxylic acids is 9. The maximum Gasteiger partial charge on any atom is 0.306 e. The summed E-state index contributed by atoms with van der Waals surface area (Å²) in [6, 6.07) is 10.3. The summed E-state index contributed by atoms with van der Waals surface area (Å²) in [5.74, 6) is -1.48. The third-order valence-corrected chi connectivity index (χ3v) is 21.6.